The SMILES string of the molecule is O=[N+]([O-])c1cc2c(c(CSc3n[nH]c(CCC4CCCC4)n3)c1)OCOC2. The quantitative estimate of drug-likeness (QED) is 0.433. The summed E-state index contributed by atoms with van der Waals surface area (Å²) in [6.45, 7) is 0.481. The van der Waals surface area contributed by atoms with Gasteiger partial charge in [0.1, 0.15) is 11.6 Å². The molecule has 0 radical (unpaired) electrons. The van der Waals surface area contributed by atoms with Gasteiger partial charge in [-0.2, -0.15) is 0 Å². The van der Waals surface area contributed by atoms with Gasteiger partial charge < -0.3 is 9.47 Å². The standard InChI is InChI=1S/C18H22N4O4S/c23-22(24)15-7-13-9-25-11-26-17(13)14(8-15)10-27-18-19-16(20-21-18)6-5-12-3-1-2-4-12/h7-8,12H,1-6,9-11H2,(H,19,20,21). The lowest BCUT2D eigenvalue weighted by atomic mass is 10.0. The van der Waals surface area contributed by atoms with E-state index in [-0.39, 0.29) is 12.5 Å². The van der Waals surface area contributed by atoms with E-state index in [1.807, 2.05) is 0 Å². The third kappa shape index (κ3) is 4.41. The molecule has 0 atom stereocenters. The van der Waals surface area contributed by atoms with Crippen molar-refractivity contribution in [2.75, 3.05) is 6.79 Å². The molecular weight excluding hydrogens is 368 g/mol. The number of fused-ring (bicyclic) bond motifs is 1. The van der Waals surface area contributed by atoms with Crippen LogP contribution in [0.1, 0.15) is 49.1 Å². The predicted molar refractivity (Wildman–Crippen MR) is 99.6 cm³/mol. The van der Waals surface area contributed by atoms with E-state index in [4.69, 9.17) is 9.47 Å². The number of non-ortho nitro benzene ring substituents is 1. The molecule has 2 aliphatic rings. The second-order valence-corrected chi connectivity index (χ2v) is 7.95. The van der Waals surface area contributed by atoms with Crippen LogP contribution in [0.25, 0.3) is 0 Å². The number of aromatic amines is 1. The molecule has 1 N–H and O–H groups in total. The Kier molecular flexibility index (Phi) is 5.58. The van der Waals surface area contributed by atoms with Crippen LogP contribution >= 0.6 is 11.8 Å². The number of hydrogen-bond donors (Lipinski definition) is 1. The monoisotopic (exact) mass is 390 g/mol. The van der Waals surface area contributed by atoms with E-state index in [1.165, 1.54) is 43.5 Å². The number of ether oxygens (including phenoxy) is 2. The summed E-state index contributed by atoms with van der Waals surface area (Å²) in [5.41, 5.74) is 1.52. The zero-order valence-corrected chi connectivity index (χ0v) is 15.8. The first-order valence-electron chi connectivity index (χ1n) is 9.24. The molecule has 0 amide bonds. The zero-order chi connectivity index (χ0) is 18.6. The lowest BCUT2D eigenvalue weighted by Crippen LogP contribution is -2.13. The van der Waals surface area contributed by atoms with Gasteiger partial charge in [-0.25, -0.2) is 4.98 Å². The number of thioether (sulfide) groups is 1. The molecule has 0 unspecified atom stereocenters. The Labute approximate surface area is 161 Å². The molecule has 1 saturated carbocycles. The fraction of sp³-hybridized carbons (Fsp3) is 0.556. The first-order valence-corrected chi connectivity index (χ1v) is 10.2. The molecule has 1 fully saturated rings. The van der Waals surface area contributed by atoms with E-state index in [2.05, 4.69) is 15.2 Å². The molecule has 9 heteroatoms. The molecule has 1 aromatic heterocycles. The van der Waals surface area contributed by atoms with Crippen LogP contribution in [0.4, 0.5) is 5.69 Å². The fourth-order valence-corrected chi connectivity index (χ4v) is 4.51. The van der Waals surface area contributed by atoms with E-state index >= 15 is 0 Å². The number of nitro groups is 1. The van der Waals surface area contributed by atoms with Crippen molar-refractivity contribution in [1.29, 1.82) is 0 Å². The predicted octanol–water partition coefficient (Wildman–Crippen LogP) is 3.99. The van der Waals surface area contributed by atoms with Crippen LogP contribution in [0.3, 0.4) is 0 Å². The number of rotatable bonds is 7. The number of nitro benzene ring substituents is 1. The molecule has 27 heavy (non-hydrogen) atoms. The van der Waals surface area contributed by atoms with E-state index in [0.717, 1.165) is 30.1 Å². The van der Waals surface area contributed by atoms with E-state index in [9.17, 15) is 10.1 Å². The fourth-order valence-electron chi connectivity index (χ4n) is 3.73. The molecule has 1 aliphatic heterocycles. The van der Waals surface area contributed by atoms with Crippen LogP contribution in [-0.4, -0.2) is 26.9 Å². The number of aryl methyl sites for hydroxylation is 1. The molecule has 1 aromatic carbocycles. The second-order valence-electron chi connectivity index (χ2n) is 7.00. The molecule has 1 aliphatic carbocycles. The summed E-state index contributed by atoms with van der Waals surface area (Å²) in [5.74, 6) is 2.91. The van der Waals surface area contributed by atoms with Gasteiger partial charge in [0, 0.05) is 35.4 Å². The first kappa shape index (κ1) is 18.2. The van der Waals surface area contributed by atoms with Crippen LogP contribution < -0.4 is 4.74 Å². The minimum atomic E-state index is -0.392. The summed E-state index contributed by atoms with van der Waals surface area (Å²) in [6, 6.07) is 3.07. The Morgan fingerprint density at radius 1 is 1.33 bits per heavy atom. The lowest BCUT2D eigenvalue weighted by Gasteiger charge is -2.20. The molecule has 144 valence electrons. The Hall–Kier alpha value is -2.13. The summed E-state index contributed by atoms with van der Waals surface area (Å²) >= 11 is 1.45. The number of aromatic nitrogens is 3. The summed E-state index contributed by atoms with van der Waals surface area (Å²) in [7, 11) is 0. The van der Waals surface area contributed by atoms with Gasteiger partial charge in [0.05, 0.1) is 11.5 Å². The molecular formula is C18H22N4O4S. The highest BCUT2D eigenvalue weighted by Gasteiger charge is 2.21. The molecule has 2 heterocycles. The van der Waals surface area contributed by atoms with Crippen LogP contribution in [0, 0.1) is 16.0 Å². The summed E-state index contributed by atoms with van der Waals surface area (Å²) < 4.78 is 10.8. The lowest BCUT2D eigenvalue weighted by molar-refractivity contribution is -0.385. The average molecular weight is 390 g/mol. The highest BCUT2D eigenvalue weighted by Crippen LogP contribution is 2.35. The Morgan fingerprint density at radius 2 is 2.19 bits per heavy atom. The van der Waals surface area contributed by atoms with Gasteiger partial charge in [-0.3, -0.25) is 15.2 Å². The minimum Gasteiger partial charge on any atom is -0.467 e. The van der Waals surface area contributed by atoms with Crippen molar-refractivity contribution in [3.8, 4) is 5.75 Å². The first-order chi connectivity index (χ1) is 13.2. The van der Waals surface area contributed by atoms with Gasteiger partial charge in [-0.15, -0.1) is 5.10 Å². The Bertz CT molecular complexity index is 820. The van der Waals surface area contributed by atoms with Crippen LogP contribution in [0.2, 0.25) is 0 Å². The Balaban J connectivity index is 1.41. The molecule has 0 bridgehead atoms. The Morgan fingerprint density at radius 3 is 3.00 bits per heavy atom. The van der Waals surface area contributed by atoms with Gasteiger partial charge in [0.25, 0.3) is 5.69 Å². The minimum absolute atomic E-state index is 0.0469. The number of hydrogen-bond acceptors (Lipinski definition) is 7. The summed E-state index contributed by atoms with van der Waals surface area (Å²) in [4.78, 5) is 15.3. The van der Waals surface area contributed by atoms with Crippen molar-refractivity contribution >= 4 is 17.4 Å². The maximum atomic E-state index is 11.2. The maximum absolute atomic E-state index is 11.2. The van der Waals surface area contributed by atoms with E-state index < -0.39 is 4.92 Å². The largest absolute Gasteiger partial charge is 0.467 e. The van der Waals surface area contributed by atoms with Gasteiger partial charge in [0.15, 0.2) is 6.79 Å². The van der Waals surface area contributed by atoms with Crippen molar-refractivity contribution in [1.82, 2.24) is 15.2 Å². The van der Waals surface area contributed by atoms with Crippen molar-refractivity contribution in [2.45, 2.75) is 56.0 Å². The van der Waals surface area contributed by atoms with E-state index in [1.54, 1.807) is 6.07 Å². The van der Waals surface area contributed by atoms with Crippen LogP contribution in [0.5, 0.6) is 5.75 Å². The van der Waals surface area contributed by atoms with Crippen LogP contribution in [0.15, 0.2) is 17.3 Å². The van der Waals surface area contributed by atoms with Crippen molar-refractivity contribution in [2.24, 2.45) is 5.92 Å². The van der Waals surface area contributed by atoms with E-state index in [0.29, 0.717) is 28.8 Å². The molecule has 4 rings (SSSR count). The van der Waals surface area contributed by atoms with Gasteiger partial charge in [0.2, 0.25) is 5.16 Å². The summed E-state index contributed by atoms with van der Waals surface area (Å²) in [6.07, 6.45) is 7.44. The average Bonchev–Trinajstić information content (AvgIpc) is 3.36. The van der Waals surface area contributed by atoms with Gasteiger partial charge >= 0.3 is 0 Å². The highest BCUT2D eigenvalue weighted by molar-refractivity contribution is 7.98. The third-order valence-corrected chi connectivity index (χ3v) is 6.01. The van der Waals surface area contributed by atoms with Gasteiger partial charge in [-0.05, 0) is 12.3 Å². The zero-order valence-electron chi connectivity index (χ0n) is 15.0. The summed E-state index contributed by atoms with van der Waals surface area (Å²) in [5, 5.41) is 19.1. The third-order valence-electron chi connectivity index (χ3n) is 5.11. The normalized spacial score (nSPS) is 16.9. The number of benzene rings is 1. The topological polar surface area (TPSA) is 103 Å². The van der Waals surface area contributed by atoms with Crippen molar-refractivity contribution < 1.29 is 14.4 Å². The second kappa shape index (κ2) is 8.26. The molecule has 0 spiro atoms. The molecule has 2 aromatic rings. The van der Waals surface area contributed by atoms with Crippen LogP contribution in [-0.2, 0) is 23.5 Å². The number of H-pyrrole nitrogens is 1. The van der Waals surface area contributed by atoms with Gasteiger partial charge in [-0.1, -0.05) is 37.4 Å². The van der Waals surface area contributed by atoms with Crippen molar-refractivity contribution in [3.63, 3.8) is 0 Å². The maximum Gasteiger partial charge on any atom is 0.270 e. The molecule has 0 saturated heterocycles. The smallest absolute Gasteiger partial charge is 0.270 e. The van der Waals surface area contributed by atoms with Crippen molar-refractivity contribution in [3.05, 3.63) is 39.2 Å². The highest BCUT2D eigenvalue weighted by atomic mass is 32.2. The molecule has 8 nitrogen and oxygen atoms in total. The number of nitrogens with one attached hydrogen (secondary N) is 1. The number of nitrogens with zero attached hydrogens (tertiary/aromatic N) is 3.